The molecule has 0 aromatic carbocycles. The quantitative estimate of drug-likeness (QED) is 0.155. The zero-order valence-corrected chi connectivity index (χ0v) is 30.1. The van der Waals surface area contributed by atoms with Crippen molar-refractivity contribution in [1.29, 1.82) is 0 Å². The Morgan fingerprint density at radius 1 is 0.969 bits per heavy atom. The van der Waals surface area contributed by atoms with Gasteiger partial charge in [-0.1, -0.05) is 49.3 Å². The number of carbonyl (C=O) groups is 1. The monoisotopic (exact) mass is 716 g/mol. The molecule has 4 nitrogen and oxygen atoms in total. The van der Waals surface area contributed by atoms with Gasteiger partial charge in [-0.15, -0.1) is 0 Å². The molecule has 32 heavy (non-hydrogen) atoms. The number of nitrogens with zero attached hydrogens (tertiary/aromatic N) is 2. The van der Waals surface area contributed by atoms with Gasteiger partial charge in [0.15, 0.2) is 0 Å². The molecule has 0 aliphatic carbocycles. The second-order valence-corrected chi connectivity index (χ2v) is 8.40. The number of rotatable bonds is 9. The Morgan fingerprint density at radius 2 is 1.44 bits per heavy atom. The van der Waals surface area contributed by atoms with E-state index in [1.54, 1.807) is 6.92 Å². The van der Waals surface area contributed by atoms with Crippen LogP contribution in [0.3, 0.4) is 0 Å². The number of ether oxygens (including phenoxy) is 1. The second-order valence-electron chi connectivity index (χ2n) is 8.40. The molecule has 0 amide bonds. The molecule has 4 unspecified atom stereocenters. The average Bonchev–Trinajstić information content (AvgIpc) is 3.17. The molecule has 0 N–H and O–H groups in total. The van der Waals surface area contributed by atoms with Crippen molar-refractivity contribution in [2.75, 3.05) is 31.7 Å². The van der Waals surface area contributed by atoms with Gasteiger partial charge in [-0.2, -0.15) is 0 Å². The van der Waals surface area contributed by atoms with Crippen molar-refractivity contribution < 1.29 is 74.9 Å². The van der Waals surface area contributed by atoms with E-state index < -0.39 is 0 Å². The molecule has 0 saturated carbocycles. The van der Waals surface area contributed by atoms with E-state index in [4.69, 9.17) is 4.74 Å². The second kappa shape index (κ2) is 28.1. The Morgan fingerprint density at radius 3 is 1.88 bits per heavy atom. The van der Waals surface area contributed by atoms with Crippen LogP contribution in [0.15, 0.2) is 0 Å². The molecule has 0 aromatic heterocycles. The van der Waals surface area contributed by atoms with Crippen molar-refractivity contribution in [3.8, 4) is 0 Å². The van der Waals surface area contributed by atoms with Gasteiger partial charge in [-0.3, -0.25) is 11.8 Å². The van der Waals surface area contributed by atoms with Gasteiger partial charge in [0.2, 0.25) is 0 Å². The summed E-state index contributed by atoms with van der Waals surface area (Å²) in [6.07, 6.45) is 9.56. The van der Waals surface area contributed by atoms with E-state index in [2.05, 4.69) is 67.4 Å². The summed E-state index contributed by atoms with van der Waals surface area (Å²) in [5.41, 5.74) is 0. The van der Waals surface area contributed by atoms with Crippen LogP contribution in [-0.4, -0.2) is 59.3 Å². The van der Waals surface area contributed by atoms with E-state index in [-0.39, 0.29) is 86.1 Å². The first-order valence-corrected chi connectivity index (χ1v) is 13.1. The number of Topliss-reactive ketones (excluding diaryl/α,β-unsaturated/α-hetero) is 1. The number of halogens is 1. The summed E-state index contributed by atoms with van der Waals surface area (Å²) in [7, 11) is 9.62. The summed E-state index contributed by atoms with van der Waals surface area (Å²) in [5, 5.41) is 0. The summed E-state index contributed by atoms with van der Waals surface area (Å²) >= 11 is 2.15. The largest absolute Gasteiger partial charge is 0.555 e. The predicted molar refractivity (Wildman–Crippen MR) is 142 cm³/mol. The van der Waals surface area contributed by atoms with Gasteiger partial charge in [0.05, 0.1) is 0 Å². The SMILES string of the molecule is CI.[CH2-]N1CC(CCC)CC1CC(C)=O.[CH2-]OCCC1CC(CCC)CN1C.[CH3-].[CH3-].[Y].[Y]. The van der Waals surface area contributed by atoms with E-state index >= 15 is 0 Å². The average molecular weight is 716 g/mol. The number of hydrogen-bond donors (Lipinski definition) is 0. The van der Waals surface area contributed by atoms with E-state index in [0.29, 0.717) is 12.5 Å². The normalized spacial score (nSPS) is 24.2. The van der Waals surface area contributed by atoms with Gasteiger partial charge in [0.1, 0.15) is 5.78 Å². The molecule has 2 saturated heterocycles. The van der Waals surface area contributed by atoms with Crippen LogP contribution >= 0.6 is 22.6 Å². The van der Waals surface area contributed by atoms with Crippen LogP contribution in [0, 0.1) is 40.8 Å². The van der Waals surface area contributed by atoms with Gasteiger partial charge in [-0.05, 0) is 75.4 Å². The Hall–Kier alpha value is 2.49. The predicted octanol–water partition coefficient (Wildman–Crippen LogP) is 6.50. The minimum atomic E-state index is 0. The number of likely N-dealkylation sites (tertiary alicyclic amines) is 2. The van der Waals surface area contributed by atoms with Crippen LogP contribution in [-0.2, 0) is 74.9 Å². The third-order valence-corrected chi connectivity index (χ3v) is 5.90. The maximum atomic E-state index is 11.0. The van der Waals surface area contributed by atoms with Crippen molar-refractivity contribution in [2.24, 2.45) is 11.8 Å². The Balaban J connectivity index is -0.000000126. The molecule has 2 fully saturated rings. The Bertz CT molecular complexity index is 406. The number of alkyl halides is 1. The van der Waals surface area contributed by atoms with Gasteiger partial charge >= 0.3 is 0 Å². The van der Waals surface area contributed by atoms with Gasteiger partial charge in [0, 0.05) is 91.0 Å². The molecule has 2 aliphatic rings. The summed E-state index contributed by atoms with van der Waals surface area (Å²) < 4.78 is 4.87. The molecule has 0 spiro atoms. The first-order valence-electron chi connectivity index (χ1n) is 10.9. The van der Waals surface area contributed by atoms with Crippen LogP contribution in [0.4, 0.5) is 0 Å². The molecule has 4 atom stereocenters. The number of hydrogen-bond acceptors (Lipinski definition) is 4. The fourth-order valence-corrected chi connectivity index (χ4v) is 4.62. The summed E-state index contributed by atoms with van der Waals surface area (Å²) in [6.45, 7) is 9.30. The first-order chi connectivity index (χ1) is 13.4. The van der Waals surface area contributed by atoms with E-state index in [1.807, 2.05) is 4.93 Å². The van der Waals surface area contributed by atoms with E-state index in [9.17, 15) is 4.79 Å². The van der Waals surface area contributed by atoms with Crippen LogP contribution < -0.4 is 0 Å². The van der Waals surface area contributed by atoms with Crippen molar-refractivity contribution >= 4 is 28.4 Å². The minimum Gasteiger partial charge on any atom is -0.555 e. The standard InChI is InChI=1S/C11H20NO.C11H22NO.CH3I.2CH3.2Y/c1-4-5-10-7-11(6-9(2)13)12(3)8-10;1-4-5-10-8-11(6-7-13-3)12(2)9-10;1-2;;;;/h10-11H,3-8H2,1-2H3;10-11H,3-9H2,1-2H3;1H3;2*1H3;;/q2*-1;;2*-1;;. The molecule has 190 valence electrons. The van der Waals surface area contributed by atoms with Crippen molar-refractivity contribution in [3.63, 3.8) is 0 Å². The van der Waals surface area contributed by atoms with Gasteiger partial charge in [-0.25, -0.2) is 7.11 Å². The van der Waals surface area contributed by atoms with Crippen molar-refractivity contribution in [3.05, 3.63) is 29.0 Å². The Kier molecular flexibility index (Phi) is 39.0. The molecule has 2 radical (unpaired) electrons. The molecule has 2 heterocycles. The zero-order valence-electron chi connectivity index (χ0n) is 22.2. The summed E-state index contributed by atoms with van der Waals surface area (Å²) in [5.74, 6) is 1.98. The molecular formula is C25H51IN2O2Y2-4. The molecular weight excluding hydrogens is 665 g/mol. The first kappa shape index (κ1) is 44.5. The minimum absolute atomic E-state index is 0. The van der Waals surface area contributed by atoms with Crippen LogP contribution in [0.25, 0.3) is 0 Å². The third kappa shape index (κ3) is 19.6. The van der Waals surface area contributed by atoms with Crippen molar-refractivity contribution in [1.82, 2.24) is 9.80 Å². The zero-order chi connectivity index (χ0) is 21.5. The molecule has 2 rings (SSSR count). The molecule has 0 aromatic rings. The topological polar surface area (TPSA) is 32.8 Å². The van der Waals surface area contributed by atoms with Crippen LogP contribution in [0.5, 0.6) is 0 Å². The van der Waals surface area contributed by atoms with E-state index in [0.717, 1.165) is 43.9 Å². The maximum absolute atomic E-state index is 11.0. The fraction of sp³-hybridized carbons (Fsp3) is 0.800. The molecule has 7 heteroatoms. The smallest absolute Gasteiger partial charge is 0.131 e. The summed E-state index contributed by atoms with van der Waals surface area (Å²) in [4.78, 5) is 17.5. The number of ketones is 1. The fourth-order valence-electron chi connectivity index (χ4n) is 4.62. The maximum Gasteiger partial charge on any atom is 0.131 e. The van der Waals surface area contributed by atoms with Gasteiger partial charge < -0.3 is 29.4 Å². The van der Waals surface area contributed by atoms with Gasteiger partial charge in [0.25, 0.3) is 0 Å². The third-order valence-electron chi connectivity index (χ3n) is 5.90. The van der Waals surface area contributed by atoms with Crippen molar-refractivity contribution in [2.45, 2.75) is 84.2 Å². The van der Waals surface area contributed by atoms with E-state index in [1.165, 1.54) is 38.6 Å². The summed E-state index contributed by atoms with van der Waals surface area (Å²) in [6, 6.07) is 1.15. The molecule has 2 aliphatic heterocycles. The Labute approximate surface area is 266 Å². The molecule has 0 bridgehead atoms. The van der Waals surface area contributed by atoms with Crippen LogP contribution in [0.2, 0.25) is 0 Å². The van der Waals surface area contributed by atoms with Crippen LogP contribution in [0.1, 0.15) is 72.1 Å². The number of carbonyl (C=O) groups excluding carboxylic acids is 1.